The second-order valence-corrected chi connectivity index (χ2v) is 4.52. The Morgan fingerprint density at radius 3 is 2.63 bits per heavy atom. The molecule has 0 amide bonds. The summed E-state index contributed by atoms with van der Waals surface area (Å²) in [6.07, 6.45) is 0. The summed E-state index contributed by atoms with van der Waals surface area (Å²) in [7, 11) is 0. The number of benzene rings is 2. The van der Waals surface area contributed by atoms with E-state index < -0.39 is 11.8 Å². The highest BCUT2D eigenvalue weighted by Gasteiger charge is 2.08. The van der Waals surface area contributed by atoms with Crippen molar-refractivity contribution in [2.45, 2.75) is 6.92 Å². The second kappa shape index (κ2) is 5.28. The molecule has 19 heavy (non-hydrogen) atoms. The number of carboxylic acids is 1. The summed E-state index contributed by atoms with van der Waals surface area (Å²) in [5.41, 5.74) is 1.66. The Kier molecular flexibility index (Phi) is 3.71. The Labute approximate surface area is 114 Å². The van der Waals surface area contributed by atoms with E-state index in [9.17, 15) is 9.18 Å². The Bertz CT molecular complexity index is 643. The third-order valence-electron chi connectivity index (χ3n) is 2.66. The van der Waals surface area contributed by atoms with Crippen LogP contribution in [0, 0.1) is 12.7 Å². The van der Waals surface area contributed by atoms with Crippen LogP contribution in [-0.4, -0.2) is 11.1 Å². The predicted molar refractivity (Wildman–Crippen MR) is 72.8 cm³/mol. The van der Waals surface area contributed by atoms with Gasteiger partial charge in [-0.3, -0.25) is 0 Å². The molecule has 2 aromatic carbocycles. The Morgan fingerprint density at radius 1 is 1.26 bits per heavy atom. The van der Waals surface area contributed by atoms with Crippen LogP contribution in [0.1, 0.15) is 15.9 Å². The standard InChI is InChI=1S/C14H11ClFNO2/c1-8-6-10(3-4-11(8)14(18)19)17-13-7-9(15)2-5-12(13)16/h2-7,17H,1H3,(H,18,19). The highest BCUT2D eigenvalue weighted by Crippen LogP contribution is 2.24. The number of hydrogen-bond acceptors (Lipinski definition) is 2. The molecule has 0 heterocycles. The molecular formula is C14H11ClFNO2. The molecule has 0 aliphatic heterocycles. The zero-order valence-electron chi connectivity index (χ0n) is 10.1. The van der Waals surface area contributed by atoms with Crippen LogP contribution in [0.25, 0.3) is 0 Å². The lowest BCUT2D eigenvalue weighted by Gasteiger charge is -2.10. The minimum atomic E-state index is -0.988. The van der Waals surface area contributed by atoms with Crippen LogP contribution in [0.3, 0.4) is 0 Å². The normalized spacial score (nSPS) is 10.3. The van der Waals surface area contributed by atoms with E-state index in [1.165, 1.54) is 24.3 Å². The molecule has 2 aromatic rings. The Hall–Kier alpha value is -2.07. The molecule has 3 nitrogen and oxygen atoms in total. The van der Waals surface area contributed by atoms with E-state index in [1.54, 1.807) is 19.1 Å². The quantitative estimate of drug-likeness (QED) is 0.884. The van der Waals surface area contributed by atoms with E-state index in [0.717, 1.165) is 0 Å². The van der Waals surface area contributed by atoms with Gasteiger partial charge in [-0.25, -0.2) is 9.18 Å². The zero-order valence-corrected chi connectivity index (χ0v) is 10.8. The van der Waals surface area contributed by atoms with Gasteiger partial charge in [0.25, 0.3) is 0 Å². The molecule has 0 fully saturated rings. The third kappa shape index (κ3) is 3.03. The fourth-order valence-electron chi connectivity index (χ4n) is 1.73. The number of halogens is 2. The van der Waals surface area contributed by atoms with Crippen molar-refractivity contribution in [3.8, 4) is 0 Å². The molecule has 0 saturated heterocycles. The molecule has 2 rings (SSSR count). The van der Waals surface area contributed by atoms with Crippen molar-refractivity contribution in [3.63, 3.8) is 0 Å². The first kappa shape index (κ1) is 13.4. The van der Waals surface area contributed by atoms with Gasteiger partial charge < -0.3 is 10.4 Å². The fraction of sp³-hybridized carbons (Fsp3) is 0.0714. The maximum absolute atomic E-state index is 13.5. The summed E-state index contributed by atoms with van der Waals surface area (Å²) >= 11 is 5.80. The van der Waals surface area contributed by atoms with Crippen molar-refractivity contribution in [1.82, 2.24) is 0 Å². The number of aryl methyl sites for hydroxylation is 1. The summed E-state index contributed by atoms with van der Waals surface area (Å²) in [5, 5.41) is 12.2. The summed E-state index contributed by atoms with van der Waals surface area (Å²) in [5.74, 6) is -1.41. The van der Waals surface area contributed by atoms with E-state index in [4.69, 9.17) is 16.7 Å². The molecule has 0 spiro atoms. The maximum atomic E-state index is 13.5. The lowest BCUT2D eigenvalue weighted by Crippen LogP contribution is -2.01. The molecule has 2 N–H and O–H groups in total. The van der Waals surface area contributed by atoms with Crippen molar-refractivity contribution in [1.29, 1.82) is 0 Å². The zero-order chi connectivity index (χ0) is 14.0. The van der Waals surface area contributed by atoms with Crippen LogP contribution in [0.2, 0.25) is 5.02 Å². The van der Waals surface area contributed by atoms with E-state index in [0.29, 0.717) is 16.3 Å². The molecule has 0 bridgehead atoms. The number of carbonyl (C=O) groups is 1. The lowest BCUT2D eigenvalue weighted by atomic mass is 10.1. The molecular weight excluding hydrogens is 269 g/mol. The summed E-state index contributed by atoms with van der Waals surface area (Å²) in [6, 6.07) is 8.89. The lowest BCUT2D eigenvalue weighted by molar-refractivity contribution is 0.0696. The van der Waals surface area contributed by atoms with Crippen molar-refractivity contribution in [3.05, 3.63) is 58.4 Å². The van der Waals surface area contributed by atoms with Gasteiger partial charge in [0.1, 0.15) is 5.82 Å². The fourth-order valence-corrected chi connectivity index (χ4v) is 1.90. The highest BCUT2D eigenvalue weighted by molar-refractivity contribution is 6.30. The van der Waals surface area contributed by atoms with Gasteiger partial charge in [0.05, 0.1) is 11.3 Å². The van der Waals surface area contributed by atoms with Gasteiger partial charge >= 0.3 is 5.97 Å². The van der Waals surface area contributed by atoms with Gasteiger partial charge in [0.15, 0.2) is 0 Å². The van der Waals surface area contributed by atoms with Gasteiger partial charge in [-0.05, 0) is 48.9 Å². The van der Waals surface area contributed by atoms with Crippen LogP contribution < -0.4 is 5.32 Å². The van der Waals surface area contributed by atoms with E-state index >= 15 is 0 Å². The summed E-state index contributed by atoms with van der Waals surface area (Å²) in [6.45, 7) is 1.68. The number of rotatable bonds is 3. The molecule has 0 aromatic heterocycles. The number of nitrogens with one attached hydrogen (secondary N) is 1. The average Bonchev–Trinajstić information content (AvgIpc) is 2.33. The van der Waals surface area contributed by atoms with Crippen molar-refractivity contribution in [2.24, 2.45) is 0 Å². The molecule has 5 heteroatoms. The number of anilines is 2. The van der Waals surface area contributed by atoms with Gasteiger partial charge in [-0.1, -0.05) is 11.6 Å². The summed E-state index contributed by atoms with van der Waals surface area (Å²) in [4.78, 5) is 10.9. The van der Waals surface area contributed by atoms with Gasteiger partial charge in [0, 0.05) is 10.7 Å². The van der Waals surface area contributed by atoms with Crippen LogP contribution in [0.5, 0.6) is 0 Å². The molecule has 0 aliphatic rings. The van der Waals surface area contributed by atoms with E-state index in [2.05, 4.69) is 5.32 Å². The molecule has 0 unspecified atom stereocenters. The molecule has 0 saturated carbocycles. The molecule has 0 atom stereocenters. The largest absolute Gasteiger partial charge is 0.478 e. The van der Waals surface area contributed by atoms with Crippen LogP contribution in [0.15, 0.2) is 36.4 Å². The highest BCUT2D eigenvalue weighted by atomic mass is 35.5. The third-order valence-corrected chi connectivity index (χ3v) is 2.90. The van der Waals surface area contributed by atoms with Crippen LogP contribution in [0.4, 0.5) is 15.8 Å². The second-order valence-electron chi connectivity index (χ2n) is 4.08. The van der Waals surface area contributed by atoms with Crippen molar-refractivity contribution < 1.29 is 14.3 Å². The molecule has 98 valence electrons. The topological polar surface area (TPSA) is 49.3 Å². The van der Waals surface area contributed by atoms with Crippen LogP contribution in [-0.2, 0) is 0 Å². The minimum Gasteiger partial charge on any atom is -0.478 e. The number of carboxylic acid groups (broad SMARTS) is 1. The minimum absolute atomic E-state index is 0.220. The van der Waals surface area contributed by atoms with Crippen LogP contribution >= 0.6 is 11.6 Å². The number of hydrogen-bond donors (Lipinski definition) is 2. The number of aromatic carboxylic acids is 1. The monoisotopic (exact) mass is 279 g/mol. The van der Waals surface area contributed by atoms with Crippen molar-refractivity contribution >= 4 is 28.9 Å². The first-order chi connectivity index (χ1) is 8.97. The smallest absolute Gasteiger partial charge is 0.335 e. The van der Waals surface area contributed by atoms with Gasteiger partial charge in [-0.15, -0.1) is 0 Å². The Morgan fingerprint density at radius 2 is 2.00 bits per heavy atom. The Balaban J connectivity index is 2.31. The summed E-state index contributed by atoms with van der Waals surface area (Å²) < 4.78 is 13.5. The average molecular weight is 280 g/mol. The predicted octanol–water partition coefficient (Wildman–Crippen LogP) is 4.23. The molecule has 0 aliphatic carbocycles. The van der Waals surface area contributed by atoms with Crippen molar-refractivity contribution in [2.75, 3.05) is 5.32 Å². The first-order valence-electron chi connectivity index (χ1n) is 5.53. The van der Waals surface area contributed by atoms with Gasteiger partial charge in [-0.2, -0.15) is 0 Å². The molecule has 0 radical (unpaired) electrons. The van der Waals surface area contributed by atoms with Gasteiger partial charge in [0.2, 0.25) is 0 Å². The first-order valence-corrected chi connectivity index (χ1v) is 5.91. The maximum Gasteiger partial charge on any atom is 0.335 e. The van der Waals surface area contributed by atoms with E-state index in [-0.39, 0.29) is 11.3 Å². The SMILES string of the molecule is Cc1cc(Nc2cc(Cl)ccc2F)ccc1C(=O)O. The van der Waals surface area contributed by atoms with E-state index in [1.807, 2.05) is 0 Å².